The number of hydrogen-bond acceptors (Lipinski definition) is 5. The summed E-state index contributed by atoms with van der Waals surface area (Å²) in [7, 11) is 2.16. The highest BCUT2D eigenvalue weighted by atomic mass is 35.5. The molecule has 2 aliphatic rings. The van der Waals surface area contributed by atoms with Crippen molar-refractivity contribution < 1.29 is 24.2 Å². The zero-order chi connectivity index (χ0) is 23.3. The first-order valence-corrected chi connectivity index (χ1v) is 11.2. The summed E-state index contributed by atoms with van der Waals surface area (Å²) in [4.78, 5) is 26.3. The van der Waals surface area contributed by atoms with Gasteiger partial charge in [-0.15, -0.1) is 0 Å². The smallest absolute Gasteiger partial charge is 0.328 e. The number of nitrogens with zero attached hydrogens (tertiary/aromatic N) is 2. The first kappa shape index (κ1) is 24.3. The van der Waals surface area contributed by atoms with E-state index in [4.69, 9.17) is 21.8 Å². The highest BCUT2D eigenvalue weighted by Crippen LogP contribution is 2.44. The lowest BCUT2D eigenvalue weighted by molar-refractivity contribution is -0.134. The van der Waals surface area contributed by atoms with Crippen LogP contribution in [0.4, 0.5) is 4.39 Å². The third-order valence-corrected chi connectivity index (χ3v) is 6.77. The Labute approximate surface area is 195 Å². The van der Waals surface area contributed by atoms with Crippen LogP contribution in [0, 0.1) is 5.82 Å². The standard InChI is InChI=1S/C19H20ClFN2S.C4H4O4/c1-22-6-8-23(9-7-22)17-10-13-2-3-14(20)11-19(13)24-18-5-4-15(21)12-16(17)18;5-3(6)1-2-4(7)8/h2-5,11-12,17H,6-10H2,1H3;1-2H,(H,5,6)(H,7,8). The van der Waals surface area contributed by atoms with Crippen molar-refractivity contribution in [1.82, 2.24) is 9.80 Å². The molecule has 2 aromatic carbocycles. The van der Waals surface area contributed by atoms with Crippen LogP contribution in [0.15, 0.2) is 58.3 Å². The average molecular weight is 479 g/mol. The Morgan fingerprint density at radius 2 is 1.69 bits per heavy atom. The fourth-order valence-electron chi connectivity index (χ4n) is 3.70. The Bertz CT molecular complexity index is 1010. The number of carbonyl (C=O) groups is 2. The monoisotopic (exact) mass is 478 g/mol. The quantitative estimate of drug-likeness (QED) is 0.640. The van der Waals surface area contributed by atoms with Gasteiger partial charge in [0.2, 0.25) is 0 Å². The average Bonchev–Trinajstić information content (AvgIpc) is 2.89. The number of halogens is 2. The second kappa shape index (κ2) is 11.0. The van der Waals surface area contributed by atoms with Gasteiger partial charge in [-0.3, -0.25) is 4.90 Å². The molecule has 1 atom stereocenters. The van der Waals surface area contributed by atoms with E-state index >= 15 is 0 Å². The predicted octanol–water partition coefficient (Wildman–Crippen LogP) is 4.19. The van der Waals surface area contributed by atoms with Gasteiger partial charge >= 0.3 is 11.9 Å². The number of carboxylic acid groups (broad SMARTS) is 2. The zero-order valence-electron chi connectivity index (χ0n) is 17.5. The number of rotatable bonds is 3. The van der Waals surface area contributed by atoms with E-state index in [0.717, 1.165) is 48.1 Å². The van der Waals surface area contributed by atoms with Gasteiger partial charge in [-0.1, -0.05) is 29.4 Å². The van der Waals surface area contributed by atoms with Gasteiger partial charge in [0, 0.05) is 59.2 Å². The van der Waals surface area contributed by atoms with Crippen LogP contribution in [0.5, 0.6) is 0 Å². The zero-order valence-corrected chi connectivity index (χ0v) is 19.1. The molecule has 2 aliphatic heterocycles. The lowest BCUT2D eigenvalue weighted by atomic mass is 9.96. The molecule has 6 nitrogen and oxygen atoms in total. The number of carboxylic acids is 2. The summed E-state index contributed by atoms with van der Waals surface area (Å²) in [6.45, 7) is 4.15. The first-order chi connectivity index (χ1) is 15.2. The molecule has 0 spiro atoms. The van der Waals surface area contributed by atoms with Gasteiger partial charge in [0.05, 0.1) is 0 Å². The molecule has 2 N–H and O–H groups in total. The molecular formula is C23H24ClFN2O4S. The fraction of sp³-hybridized carbons (Fsp3) is 0.304. The van der Waals surface area contributed by atoms with Crippen molar-refractivity contribution in [2.24, 2.45) is 0 Å². The number of benzene rings is 2. The SMILES string of the molecule is CN1CCN(C2Cc3ccc(Cl)cc3Sc3ccc(F)cc32)CC1.O=C(O)C=CC(=O)O. The first-order valence-electron chi connectivity index (χ1n) is 10.0. The molecule has 0 bridgehead atoms. The van der Waals surface area contributed by atoms with E-state index in [2.05, 4.69) is 22.9 Å². The Morgan fingerprint density at radius 1 is 1.03 bits per heavy atom. The fourth-order valence-corrected chi connectivity index (χ4v) is 5.09. The van der Waals surface area contributed by atoms with Crippen molar-refractivity contribution in [3.05, 3.63) is 70.5 Å². The predicted molar refractivity (Wildman–Crippen MR) is 122 cm³/mol. The molecule has 0 radical (unpaired) electrons. The van der Waals surface area contributed by atoms with E-state index in [9.17, 15) is 14.0 Å². The second-order valence-corrected chi connectivity index (χ2v) is 9.13. The number of piperazine rings is 1. The molecule has 2 heterocycles. The lowest BCUT2D eigenvalue weighted by Crippen LogP contribution is -2.46. The molecule has 1 unspecified atom stereocenters. The number of aliphatic carboxylic acids is 2. The minimum absolute atomic E-state index is 0.155. The maximum atomic E-state index is 14.0. The number of likely N-dealkylation sites (N-methyl/N-ethyl adjacent to an activating group) is 1. The van der Waals surface area contributed by atoms with Crippen molar-refractivity contribution in [2.45, 2.75) is 22.3 Å². The van der Waals surface area contributed by atoms with Crippen molar-refractivity contribution in [3.8, 4) is 0 Å². The van der Waals surface area contributed by atoms with Crippen molar-refractivity contribution in [3.63, 3.8) is 0 Å². The molecular weight excluding hydrogens is 455 g/mol. The van der Waals surface area contributed by atoms with Gasteiger partial charge in [0.25, 0.3) is 0 Å². The third-order valence-electron chi connectivity index (χ3n) is 5.34. The van der Waals surface area contributed by atoms with Crippen LogP contribution in [0.25, 0.3) is 0 Å². The summed E-state index contributed by atoms with van der Waals surface area (Å²) in [6.07, 6.45) is 2.02. The van der Waals surface area contributed by atoms with Gasteiger partial charge < -0.3 is 15.1 Å². The number of hydrogen-bond donors (Lipinski definition) is 2. The van der Waals surface area contributed by atoms with Crippen LogP contribution in [0.2, 0.25) is 5.02 Å². The summed E-state index contributed by atoms with van der Waals surface area (Å²) in [6, 6.07) is 11.5. The van der Waals surface area contributed by atoms with Crippen LogP contribution >= 0.6 is 23.4 Å². The highest BCUT2D eigenvalue weighted by Gasteiger charge is 2.29. The summed E-state index contributed by atoms with van der Waals surface area (Å²) < 4.78 is 14.0. The van der Waals surface area contributed by atoms with Gasteiger partial charge in [-0.25, -0.2) is 14.0 Å². The maximum Gasteiger partial charge on any atom is 0.328 e. The Morgan fingerprint density at radius 3 is 2.31 bits per heavy atom. The molecule has 170 valence electrons. The molecule has 0 aromatic heterocycles. The van der Waals surface area contributed by atoms with Gasteiger partial charge in [0.15, 0.2) is 0 Å². The number of fused-ring (bicyclic) bond motifs is 2. The van der Waals surface area contributed by atoms with E-state index in [1.165, 1.54) is 10.5 Å². The second-order valence-electron chi connectivity index (χ2n) is 7.61. The summed E-state index contributed by atoms with van der Waals surface area (Å²) in [5, 5.41) is 16.4. The van der Waals surface area contributed by atoms with Crippen molar-refractivity contribution in [1.29, 1.82) is 0 Å². The lowest BCUT2D eigenvalue weighted by Gasteiger charge is -2.38. The van der Waals surface area contributed by atoms with Crippen molar-refractivity contribution >= 4 is 35.3 Å². The summed E-state index contributed by atoms with van der Waals surface area (Å²) >= 11 is 7.90. The molecule has 1 saturated heterocycles. The molecule has 0 aliphatic carbocycles. The summed E-state index contributed by atoms with van der Waals surface area (Å²) in [5.74, 6) is -2.67. The maximum absolute atomic E-state index is 14.0. The van der Waals surface area contributed by atoms with E-state index in [-0.39, 0.29) is 11.9 Å². The topological polar surface area (TPSA) is 81.1 Å². The highest BCUT2D eigenvalue weighted by molar-refractivity contribution is 7.99. The van der Waals surface area contributed by atoms with Crippen LogP contribution in [0.1, 0.15) is 17.2 Å². The van der Waals surface area contributed by atoms with Gasteiger partial charge in [0.1, 0.15) is 5.82 Å². The molecule has 0 saturated carbocycles. The van der Waals surface area contributed by atoms with Gasteiger partial charge in [-0.2, -0.15) is 0 Å². The molecule has 1 fully saturated rings. The van der Waals surface area contributed by atoms with Crippen LogP contribution in [-0.4, -0.2) is 65.2 Å². The largest absolute Gasteiger partial charge is 0.478 e. The van der Waals surface area contributed by atoms with E-state index in [1.807, 2.05) is 18.2 Å². The Balaban J connectivity index is 0.000000312. The van der Waals surface area contributed by atoms with Crippen LogP contribution in [0.3, 0.4) is 0 Å². The van der Waals surface area contributed by atoms with Crippen LogP contribution in [-0.2, 0) is 16.0 Å². The minimum atomic E-state index is -1.26. The molecule has 4 rings (SSSR count). The third kappa shape index (κ3) is 6.56. The normalized spacial score (nSPS) is 18.8. The Kier molecular flexibility index (Phi) is 8.31. The van der Waals surface area contributed by atoms with E-state index < -0.39 is 11.9 Å². The molecule has 9 heteroatoms. The molecule has 2 aromatic rings. The van der Waals surface area contributed by atoms with Crippen molar-refractivity contribution in [2.75, 3.05) is 33.2 Å². The van der Waals surface area contributed by atoms with E-state index in [0.29, 0.717) is 12.2 Å². The van der Waals surface area contributed by atoms with Gasteiger partial charge in [-0.05, 0) is 54.9 Å². The summed E-state index contributed by atoms with van der Waals surface area (Å²) in [5.41, 5.74) is 2.40. The minimum Gasteiger partial charge on any atom is -0.478 e. The van der Waals surface area contributed by atoms with E-state index in [1.54, 1.807) is 23.9 Å². The molecule has 32 heavy (non-hydrogen) atoms. The molecule has 0 amide bonds. The van der Waals surface area contributed by atoms with Crippen LogP contribution < -0.4 is 0 Å². The Hall–Kier alpha value is -2.39.